The van der Waals surface area contributed by atoms with Crippen LogP contribution >= 0.6 is 24.0 Å². The molecule has 0 aliphatic carbocycles. The summed E-state index contributed by atoms with van der Waals surface area (Å²) < 4.78 is 12.7. The lowest BCUT2D eigenvalue weighted by molar-refractivity contribution is -0.149. The van der Waals surface area contributed by atoms with Crippen molar-refractivity contribution in [2.75, 3.05) is 12.3 Å². The van der Waals surface area contributed by atoms with Crippen molar-refractivity contribution in [1.82, 2.24) is 9.80 Å². The molecule has 3 aromatic rings. The molecule has 222 valence electrons. The first-order valence-electron chi connectivity index (χ1n) is 14.1. The van der Waals surface area contributed by atoms with Crippen LogP contribution in [0, 0.1) is 5.92 Å². The summed E-state index contributed by atoms with van der Waals surface area (Å²) in [6.45, 7) is 4.10. The summed E-state index contributed by atoms with van der Waals surface area (Å²) in [7, 11) is 0. The van der Waals surface area contributed by atoms with Gasteiger partial charge in [-0.05, 0) is 42.2 Å². The van der Waals surface area contributed by atoms with E-state index in [1.165, 1.54) is 16.7 Å². The average molecular weight is 617 g/mol. The normalized spacial score (nSPS) is 17.7. The fraction of sp³-hybridized carbons (Fsp3) is 0.303. The van der Waals surface area contributed by atoms with Crippen LogP contribution in [0.5, 0.6) is 0 Å². The number of benzene rings is 3. The molecule has 3 atom stereocenters. The third-order valence-corrected chi connectivity index (χ3v) is 9.06. The van der Waals surface area contributed by atoms with Crippen LogP contribution in [0.25, 0.3) is 0 Å². The number of hydrogen-bond acceptors (Lipinski definition) is 8. The largest absolute Gasteiger partial charge is 0.446 e. The Morgan fingerprint density at radius 3 is 2.09 bits per heavy atom. The monoisotopic (exact) mass is 616 g/mol. The number of ether oxygens (including phenoxy) is 2. The maximum Gasteiger partial charge on any atom is 0.339 e. The van der Waals surface area contributed by atoms with Gasteiger partial charge in [-0.2, -0.15) is 0 Å². The summed E-state index contributed by atoms with van der Waals surface area (Å²) in [5.74, 6) is -1.27. The summed E-state index contributed by atoms with van der Waals surface area (Å²) in [5, 5.41) is 0. The van der Waals surface area contributed by atoms with Crippen LogP contribution in [0.15, 0.2) is 84.9 Å². The molecule has 2 aliphatic rings. The summed E-state index contributed by atoms with van der Waals surface area (Å²) in [4.78, 5) is 56.6. The fourth-order valence-corrected chi connectivity index (χ4v) is 6.80. The Labute approximate surface area is 260 Å². The van der Waals surface area contributed by atoms with Gasteiger partial charge in [0.15, 0.2) is 0 Å². The van der Waals surface area contributed by atoms with Crippen LogP contribution in [-0.4, -0.2) is 68.4 Å². The Balaban J connectivity index is 1.46. The average Bonchev–Trinajstić information content (AvgIpc) is 3.53. The minimum Gasteiger partial charge on any atom is -0.446 e. The molecule has 0 aromatic heterocycles. The van der Waals surface area contributed by atoms with Gasteiger partial charge >= 0.3 is 5.97 Å². The highest BCUT2D eigenvalue weighted by molar-refractivity contribution is 8.23. The zero-order valence-corrected chi connectivity index (χ0v) is 25.5. The van der Waals surface area contributed by atoms with Crippen molar-refractivity contribution in [3.63, 3.8) is 0 Å². The van der Waals surface area contributed by atoms with E-state index in [1.54, 1.807) is 54.6 Å². The van der Waals surface area contributed by atoms with Gasteiger partial charge in [0.05, 0.1) is 29.3 Å². The second-order valence-corrected chi connectivity index (χ2v) is 12.4. The van der Waals surface area contributed by atoms with Crippen LogP contribution in [0.4, 0.5) is 0 Å². The van der Waals surface area contributed by atoms with Crippen molar-refractivity contribution in [2.24, 2.45) is 5.92 Å². The summed E-state index contributed by atoms with van der Waals surface area (Å²) >= 11 is 6.99. The first kappa shape index (κ1) is 30.6. The Morgan fingerprint density at radius 1 is 0.907 bits per heavy atom. The number of thiocarbonyl (C=S) groups is 1. The van der Waals surface area contributed by atoms with Crippen LogP contribution in [0.3, 0.4) is 0 Å². The highest BCUT2D eigenvalue weighted by Gasteiger charge is 2.44. The minimum absolute atomic E-state index is 0.0364. The number of amides is 3. The second kappa shape index (κ2) is 13.6. The Bertz CT molecular complexity index is 1480. The van der Waals surface area contributed by atoms with E-state index in [9.17, 15) is 19.2 Å². The van der Waals surface area contributed by atoms with Gasteiger partial charge in [0, 0.05) is 12.3 Å². The zero-order valence-electron chi connectivity index (χ0n) is 23.9. The number of esters is 1. The van der Waals surface area contributed by atoms with Crippen molar-refractivity contribution in [3.8, 4) is 0 Å². The molecule has 0 saturated carbocycles. The van der Waals surface area contributed by atoms with E-state index in [1.807, 2.05) is 44.2 Å². The molecular formula is C33H32N2O6S2. The van der Waals surface area contributed by atoms with E-state index < -0.39 is 35.9 Å². The number of carbonyl (C=O) groups excluding carboxylic acids is 4. The molecule has 0 spiro atoms. The third-order valence-electron chi connectivity index (χ3n) is 7.56. The lowest BCUT2D eigenvalue weighted by Gasteiger charge is -2.33. The maximum absolute atomic E-state index is 14.3. The fourth-order valence-electron chi connectivity index (χ4n) is 5.16. The standard InChI is InChI=1S/C33H32N2O6S2/c1-21(2)26-20-43-33(42)35(26)31(38)28(41-32(39)23-13-7-4-8-14-23)27(40-19-22-11-5-3-6-12-22)17-18-34-29(36)24-15-9-10-16-25(24)30(34)37/h3-16,21,26-28H,17-20H2,1-2H3/t26-,27-,28-/m1/s1. The molecule has 5 rings (SSSR count). The quantitative estimate of drug-likeness (QED) is 0.161. The first-order chi connectivity index (χ1) is 20.8. The third kappa shape index (κ3) is 6.71. The highest BCUT2D eigenvalue weighted by atomic mass is 32.2. The van der Waals surface area contributed by atoms with Crippen LogP contribution < -0.4 is 0 Å². The molecule has 2 heterocycles. The number of thioether (sulfide) groups is 1. The van der Waals surface area contributed by atoms with E-state index in [0.717, 1.165) is 10.5 Å². The molecule has 1 fully saturated rings. The van der Waals surface area contributed by atoms with E-state index in [-0.39, 0.29) is 37.1 Å². The van der Waals surface area contributed by atoms with Crippen LogP contribution in [-0.2, 0) is 20.9 Å². The Morgan fingerprint density at radius 2 is 1.49 bits per heavy atom. The van der Waals surface area contributed by atoms with Crippen molar-refractivity contribution in [1.29, 1.82) is 0 Å². The number of nitrogens with zero attached hydrogens (tertiary/aromatic N) is 2. The summed E-state index contributed by atoms with van der Waals surface area (Å²) in [6, 6.07) is 24.3. The molecule has 0 N–H and O–H groups in total. The van der Waals surface area contributed by atoms with Gasteiger partial charge in [0.1, 0.15) is 10.4 Å². The molecule has 43 heavy (non-hydrogen) atoms. The van der Waals surface area contributed by atoms with Gasteiger partial charge in [0.2, 0.25) is 6.10 Å². The van der Waals surface area contributed by atoms with Crippen molar-refractivity contribution in [2.45, 2.75) is 45.1 Å². The summed E-state index contributed by atoms with van der Waals surface area (Å²) in [5.41, 5.74) is 1.79. The number of carbonyl (C=O) groups is 4. The predicted octanol–water partition coefficient (Wildman–Crippen LogP) is 5.37. The molecule has 3 amide bonds. The van der Waals surface area contributed by atoms with Crippen LogP contribution in [0.2, 0.25) is 0 Å². The molecule has 0 unspecified atom stereocenters. The molecule has 8 nitrogen and oxygen atoms in total. The number of fused-ring (bicyclic) bond motifs is 1. The van der Waals surface area contributed by atoms with Gasteiger partial charge in [-0.25, -0.2) is 4.79 Å². The summed E-state index contributed by atoms with van der Waals surface area (Å²) in [6.07, 6.45) is -2.33. The number of hydrogen-bond donors (Lipinski definition) is 0. The SMILES string of the molecule is CC(C)[C@H]1CSC(=S)N1C(=O)[C@H](OC(=O)c1ccccc1)[C@@H](CCN1C(=O)c2ccccc2C1=O)OCc1ccccc1. The molecule has 3 aromatic carbocycles. The van der Waals surface area contributed by atoms with E-state index >= 15 is 0 Å². The minimum atomic E-state index is -1.38. The van der Waals surface area contributed by atoms with Crippen molar-refractivity contribution < 1.29 is 28.7 Å². The predicted molar refractivity (Wildman–Crippen MR) is 168 cm³/mol. The van der Waals surface area contributed by atoms with E-state index in [2.05, 4.69) is 0 Å². The smallest absolute Gasteiger partial charge is 0.339 e. The molecule has 10 heteroatoms. The first-order valence-corrected chi connectivity index (χ1v) is 15.5. The highest BCUT2D eigenvalue weighted by Crippen LogP contribution is 2.32. The zero-order chi connectivity index (χ0) is 30.5. The van der Waals surface area contributed by atoms with Gasteiger partial charge < -0.3 is 9.47 Å². The molecule has 1 saturated heterocycles. The van der Waals surface area contributed by atoms with Gasteiger partial charge in [0.25, 0.3) is 17.7 Å². The maximum atomic E-state index is 14.3. The van der Waals surface area contributed by atoms with Gasteiger partial charge in [-0.1, -0.05) is 98.5 Å². The van der Waals surface area contributed by atoms with E-state index in [4.69, 9.17) is 21.7 Å². The second-order valence-electron chi connectivity index (χ2n) is 10.7. The van der Waals surface area contributed by atoms with Crippen molar-refractivity contribution >= 4 is 52.0 Å². The molecular weight excluding hydrogens is 585 g/mol. The lowest BCUT2D eigenvalue weighted by Crippen LogP contribution is -2.52. The van der Waals surface area contributed by atoms with Crippen LogP contribution in [0.1, 0.15) is 56.9 Å². The molecule has 0 radical (unpaired) electrons. The Kier molecular flexibility index (Phi) is 9.69. The topological polar surface area (TPSA) is 93.2 Å². The number of imide groups is 1. The Hall–Kier alpha value is -3.86. The molecule has 2 aliphatic heterocycles. The lowest BCUT2D eigenvalue weighted by atomic mass is 10.0. The van der Waals surface area contributed by atoms with Gasteiger partial charge in [-0.3, -0.25) is 24.2 Å². The van der Waals surface area contributed by atoms with E-state index in [0.29, 0.717) is 21.2 Å². The molecule has 0 bridgehead atoms. The van der Waals surface area contributed by atoms with Gasteiger partial charge in [-0.15, -0.1) is 0 Å². The number of rotatable bonds is 11. The van der Waals surface area contributed by atoms with Crippen molar-refractivity contribution in [3.05, 3.63) is 107 Å².